The van der Waals surface area contributed by atoms with Gasteiger partial charge in [0.1, 0.15) is 11.3 Å². The van der Waals surface area contributed by atoms with E-state index in [4.69, 9.17) is 16.0 Å². The van der Waals surface area contributed by atoms with Crippen LogP contribution in [0.15, 0.2) is 56.6 Å². The van der Waals surface area contributed by atoms with Crippen LogP contribution < -0.4 is 0 Å². The molecule has 3 nitrogen and oxygen atoms in total. The fourth-order valence-electron chi connectivity index (χ4n) is 1.77. The molecule has 20 heavy (non-hydrogen) atoms. The Hall–Kier alpha value is -1.01. The van der Waals surface area contributed by atoms with E-state index in [0.29, 0.717) is 21.9 Å². The van der Waals surface area contributed by atoms with E-state index in [0.717, 1.165) is 10.0 Å². The van der Waals surface area contributed by atoms with Crippen molar-refractivity contribution < 1.29 is 8.97 Å². The van der Waals surface area contributed by atoms with Gasteiger partial charge in [0.2, 0.25) is 0 Å². The quantitative estimate of drug-likeness (QED) is 0.635. The molecule has 0 fully saturated rings. The number of aromatic nitrogens is 1. The largest absolute Gasteiger partial charge is 0.607 e. The van der Waals surface area contributed by atoms with E-state index in [1.807, 2.05) is 24.3 Å². The predicted molar refractivity (Wildman–Crippen MR) is 83.3 cm³/mol. The number of rotatable bonds is 3. The Morgan fingerprint density at radius 1 is 1.20 bits per heavy atom. The van der Waals surface area contributed by atoms with Crippen LogP contribution in [-0.4, -0.2) is 9.54 Å². The molecule has 0 amide bonds. The lowest BCUT2D eigenvalue weighted by Gasteiger charge is -2.05. The van der Waals surface area contributed by atoms with Crippen molar-refractivity contribution in [1.29, 1.82) is 0 Å². The van der Waals surface area contributed by atoms with Crippen LogP contribution in [-0.2, 0) is 16.9 Å². The minimum Gasteiger partial charge on any atom is -0.607 e. The maximum atomic E-state index is 12.3. The second-order valence-corrected chi connectivity index (χ2v) is 6.89. The lowest BCUT2D eigenvalue weighted by Crippen LogP contribution is -2.05. The maximum Gasteiger partial charge on any atom is 0.416 e. The summed E-state index contributed by atoms with van der Waals surface area (Å²) >= 11 is 7.93. The minimum atomic E-state index is -1.32. The first-order valence-corrected chi connectivity index (χ1v) is 8.30. The Bertz CT molecular complexity index is 745. The van der Waals surface area contributed by atoms with E-state index >= 15 is 0 Å². The zero-order chi connectivity index (χ0) is 14.1. The smallest absolute Gasteiger partial charge is 0.416 e. The van der Waals surface area contributed by atoms with Crippen molar-refractivity contribution in [2.75, 3.05) is 0 Å². The van der Waals surface area contributed by atoms with Crippen molar-refractivity contribution in [3.8, 4) is 0 Å². The minimum absolute atomic E-state index is 0.227. The lowest BCUT2D eigenvalue weighted by atomic mass is 10.2. The molecule has 0 radical (unpaired) electrons. The molecule has 2 aromatic carbocycles. The third-order valence-corrected chi connectivity index (χ3v) is 4.66. The second-order valence-electron chi connectivity index (χ2n) is 4.21. The monoisotopic (exact) mass is 369 g/mol. The van der Waals surface area contributed by atoms with E-state index in [2.05, 4.69) is 20.9 Å². The molecule has 0 bridgehead atoms. The molecule has 1 atom stereocenters. The van der Waals surface area contributed by atoms with Gasteiger partial charge in [-0.2, -0.15) is 4.98 Å². The zero-order valence-corrected chi connectivity index (χ0v) is 13.3. The van der Waals surface area contributed by atoms with Gasteiger partial charge in [-0.05, 0) is 24.3 Å². The van der Waals surface area contributed by atoms with E-state index in [-0.39, 0.29) is 5.22 Å². The van der Waals surface area contributed by atoms with Crippen LogP contribution in [0, 0.1) is 0 Å². The Morgan fingerprint density at radius 3 is 2.70 bits per heavy atom. The van der Waals surface area contributed by atoms with Crippen LogP contribution in [0.5, 0.6) is 0 Å². The number of nitrogens with zero attached hydrogens (tertiary/aromatic N) is 1. The van der Waals surface area contributed by atoms with Gasteiger partial charge in [-0.25, -0.2) is 0 Å². The summed E-state index contributed by atoms with van der Waals surface area (Å²) < 4.78 is 18.8. The molecule has 6 heteroatoms. The van der Waals surface area contributed by atoms with Crippen molar-refractivity contribution in [3.63, 3.8) is 0 Å². The summed E-state index contributed by atoms with van der Waals surface area (Å²) in [6.45, 7) is 0. The number of oxazole rings is 1. The van der Waals surface area contributed by atoms with Gasteiger partial charge in [0.05, 0.1) is 11.2 Å². The Morgan fingerprint density at radius 2 is 1.95 bits per heavy atom. The van der Waals surface area contributed by atoms with Gasteiger partial charge < -0.3 is 8.97 Å². The fourth-order valence-corrected chi connectivity index (χ4v) is 3.20. The Balaban J connectivity index is 1.84. The van der Waals surface area contributed by atoms with Gasteiger partial charge in [0.15, 0.2) is 5.58 Å². The predicted octanol–water partition coefficient (Wildman–Crippen LogP) is 4.55. The third kappa shape index (κ3) is 3.01. The standard InChI is InChI=1S/C14H9BrClNO2S/c15-10-3-1-9(2-4-10)8-20(18)14-17-12-6-5-11(16)7-13(12)19-14/h1-7H,8H2. The summed E-state index contributed by atoms with van der Waals surface area (Å²) in [6.07, 6.45) is 0. The van der Waals surface area contributed by atoms with Crippen LogP contribution in [0.3, 0.4) is 0 Å². The number of benzene rings is 2. The number of hydrogen-bond acceptors (Lipinski definition) is 3. The first-order valence-electron chi connectivity index (χ1n) is 5.81. The summed E-state index contributed by atoms with van der Waals surface area (Å²) in [7, 11) is 0. The molecule has 0 aliphatic heterocycles. The van der Waals surface area contributed by atoms with Gasteiger partial charge in [-0.3, -0.25) is 0 Å². The van der Waals surface area contributed by atoms with E-state index in [9.17, 15) is 4.55 Å². The SMILES string of the molecule is [O-][S+](Cc1ccc(Br)cc1)c1nc2ccc(Cl)cc2o1. The summed E-state index contributed by atoms with van der Waals surface area (Å²) in [5.41, 5.74) is 2.18. The molecule has 0 spiro atoms. The second kappa shape index (κ2) is 5.77. The Labute approximate surface area is 132 Å². The molecule has 0 aliphatic rings. The molecule has 0 N–H and O–H groups in total. The average molecular weight is 371 g/mol. The van der Waals surface area contributed by atoms with Crippen molar-refractivity contribution in [2.24, 2.45) is 0 Å². The highest BCUT2D eigenvalue weighted by Crippen LogP contribution is 2.24. The molecule has 102 valence electrons. The molecular weight excluding hydrogens is 362 g/mol. The molecule has 0 saturated carbocycles. The highest BCUT2D eigenvalue weighted by atomic mass is 79.9. The first kappa shape index (κ1) is 13.9. The highest BCUT2D eigenvalue weighted by molar-refractivity contribution is 9.10. The number of halogens is 2. The van der Waals surface area contributed by atoms with Crippen molar-refractivity contribution in [3.05, 3.63) is 57.5 Å². The third-order valence-electron chi connectivity index (χ3n) is 2.74. The topological polar surface area (TPSA) is 49.1 Å². The highest BCUT2D eigenvalue weighted by Gasteiger charge is 2.20. The van der Waals surface area contributed by atoms with E-state index in [1.165, 1.54) is 0 Å². The lowest BCUT2D eigenvalue weighted by molar-refractivity contribution is 0.458. The van der Waals surface area contributed by atoms with Gasteiger partial charge >= 0.3 is 5.22 Å². The zero-order valence-electron chi connectivity index (χ0n) is 10.2. The molecule has 1 heterocycles. The van der Waals surface area contributed by atoms with Gasteiger partial charge in [-0.1, -0.05) is 39.7 Å². The van der Waals surface area contributed by atoms with Crippen LogP contribution in [0.25, 0.3) is 11.1 Å². The summed E-state index contributed by atoms with van der Waals surface area (Å²) in [4.78, 5) is 4.23. The average Bonchev–Trinajstić information content (AvgIpc) is 2.84. The van der Waals surface area contributed by atoms with Crippen molar-refractivity contribution >= 4 is 49.8 Å². The van der Waals surface area contributed by atoms with Crippen LogP contribution in [0.2, 0.25) is 5.02 Å². The number of fused-ring (bicyclic) bond motifs is 1. The van der Waals surface area contributed by atoms with Crippen molar-refractivity contribution in [2.45, 2.75) is 11.0 Å². The maximum absolute atomic E-state index is 12.3. The van der Waals surface area contributed by atoms with Crippen LogP contribution in [0.4, 0.5) is 0 Å². The normalized spacial score (nSPS) is 12.8. The summed E-state index contributed by atoms with van der Waals surface area (Å²) in [5, 5.41) is 0.795. The van der Waals surface area contributed by atoms with Crippen LogP contribution in [0.1, 0.15) is 5.56 Å². The molecule has 1 unspecified atom stereocenters. The fraction of sp³-hybridized carbons (Fsp3) is 0.0714. The summed E-state index contributed by atoms with van der Waals surface area (Å²) in [5.74, 6) is 0.369. The Kier molecular flexibility index (Phi) is 4.03. The van der Waals surface area contributed by atoms with E-state index < -0.39 is 11.2 Å². The van der Waals surface area contributed by atoms with Gasteiger partial charge in [-0.15, -0.1) is 0 Å². The van der Waals surface area contributed by atoms with Crippen molar-refractivity contribution in [1.82, 2.24) is 4.98 Å². The first-order chi connectivity index (χ1) is 9.61. The molecule has 3 aromatic rings. The molecule has 1 aromatic heterocycles. The molecular formula is C14H9BrClNO2S. The van der Waals surface area contributed by atoms with E-state index in [1.54, 1.807) is 18.2 Å². The number of hydrogen-bond donors (Lipinski definition) is 0. The molecule has 0 saturated heterocycles. The van der Waals surface area contributed by atoms with Crippen LogP contribution >= 0.6 is 27.5 Å². The summed E-state index contributed by atoms with van der Waals surface area (Å²) in [6, 6.07) is 12.8. The van der Waals surface area contributed by atoms with Gasteiger partial charge in [0, 0.05) is 21.1 Å². The molecule has 3 rings (SSSR count). The molecule has 0 aliphatic carbocycles. The van der Waals surface area contributed by atoms with Gasteiger partial charge in [0.25, 0.3) is 0 Å².